The number of halogens is 1. The molecule has 2 heterocycles. The second kappa shape index (κ2) is 7.52. The molecular weight excluding hydrogens is 375 g/mol. The normalized spacial score (nSPS) is 11.1. The number of anilines is 1. The number of fused-ring (bicyclic) bond motifs is 1. The highest BCUT2D eigenvalue weighted by molar-refractivity contribution is 7.22. The topological polar surface area (TPSA) is 51.0 Å². The van der Waals surface area contributed by atoms with Gasteiger partial charge in [-0.2, -0.15) is 5.10 Å². The number of nitrogens with zero attached hydrogens (tertiary/aromatic N) is 4. The van der Waals surface area contributed by atoms with Crippen molar-refractivity contribution in [1.82, 2.24) is 14.8 Å². The largest absolute Gasteiger partial charge is 0.282 e. The highest BCUT2D eigenvalue weighted by atomic mass is 32.1. The maximum atomic E-state index is 14.1. The average molecular weight is 394 g/mol. The molecule has 2 aromatic heterocycles. The molecule has 0 aliphatic carbocycles. The monoisotopic (exact) mass is 394 g/mol. The lowest BCUT2D eigenvalue weighted by atomic mass is 10.0. The third kappa shape index (κ3) is 3.53. The fourth-order valence-corrected chi connectivity index (χ4v) is 4.14. The molecule has 7 heteroatoms. The Balaban J connectivity index is 1.73. The molecule has 0 aliphatic heterocycles. The molecule has 0 spiro atoms. The number of thiazole rings is 1. The van der Waals surface area contributed by atoms with Crippen LogP contribution in [0.2, 0.25) is 0 Å². The van der Waals surface area contributed by atoms with Crippen LogP contribution in [0.5, 0.6) is 0 Å². The van der Waals surface area contributed by atoms with E-state index in [0.29, 0.717) is 34.0 Å². The molecule has 28 heavy (non-hydrogen) atoms. The highest BCUT2D eigenvalue weighted by Crippen LogP contribution is 2.31. The minimum Gasteiger partial charge on any atom is -0.282 e. The van der Waals surface area contributed by atoms with Gasteiger partial charge in [0.25, 0.3) is 5.91 Å². The van der Waals surface area contributed by atoms with Crippen molar-refractivity contribution in [1.29, 1.82) is 0 Å². The molecule has 2 aromatic carbocycles. The van der Waals surface area contributed by atoms with Gasteiger partial charge in [0.05, 0.1) is 11.2 Å². The summed E-state index contributed by atoms with van der Waals surface area (Å²) >= 11 is 1.31. The number of para-hydroxylation sites is 1. The summed E-state index contributed by atoms with van der Waals surface area (Å²) in [6, 6.07) is 12.4. The van der Waals surface area contributed by atoms with Gasteiger partial charge in [-0.15, -0.1) is 0 Å². The zero-order valence-corrected chi connectivity index (χ0v) is 16.4. The third-order valence-electron chi connectivity index (χ3n) is 4.56. The van der Waals surface area contributed by atoms with Crippen LogP contribution in [-0.2, 0) is 6.54 Å². The van der Waals surface area contributed by atoms with Gasteiger partial charge < -0.3 is 0 Å². The number of aromatic nitrogens is 3. The Kier molecular flexibility index (Phi) is 4.92. The maximum Gasteiger partial charge on any atom is 0.260 e. The molecule has 0 atom stereocenters. The van der Waals surface area contributed by atoms with Crippen molar-refractivity contribution in [2.75, 3.05) is 11.4 Å². The number of carbonyl (C=O) groups excluding carboxylic acids is 1. The molecule has 4 rings (SSSR count). The van der Waals surface area contributed by atoms with Crippen molar-refractivity contribution < 1.29 is 9.18 Å². The summed E-state index contributed by atoms with van der Waals surface area (Å²) in [6.07, 6.45) is 3.54. The summed E-state index contributed by atoms with van der Waals surface area (Å²) < 4.78 is 16.6. The Morgan fingerprint density at radius 3 is 2.79 bits per heavy atom. The van der Waals surface area contributed by atoms with Gasteiger partial charge in [0.15, 0.2) is 5.13 Å². The van der Waals surface area contributed by atoms with Crippen molar-refractivity contribution in [3.8, 4) is 0 Å². The molecule has 0 saturated carbocycles. The lowest BCUT2D eigenvalue weighted by Gasteiger charge is -2.21. The molecule has 142 valence electrons. The van der Waals surface area contributed by atoms with Crippen molar-refractivity contribution in [2.24, 2.45) is 0 Å². The van der Waals surface area contributed by atoms with E-state index in [-0.39, 0.29) is 11.7 Å². The van der Waals surface area contributed by atoms with E-state index in [1.165, 1.54) is 17.4 Å². The van der Waals surface area contributed by atoms with Crippen molar-refractivity contribution in [3.05, 3.63) is 77.4 Å². The van der Waals surface area contributed by atoms with E-state index in [2.05, 4.69) is 10.1 Å². The zero-order chi connectivity index (χ0) is 19.7. The summed E-state index contributed by atoms with van der Waals surface area (Å²) in [5, 5.41) is 4.69. The van der Waals surface area contributed by atoms with Gasteiger partial charge in [-0.05, 0) is 43.7 Å². The van der Waals surface area contributed by atoms with Gasteiger partial charge in [-0.25, -0.2) is 9.37 Å². The fourth-order valence-electron chi connectivity index (χ4n) is 3.14. The molecular formula is C21H19FN4OS. The minimum absolute atomic E-state index is 0.149. The van der Waals surface area contributed by atoms with Gasteiger partial charge in [0.1, 0.15) is 11.3 Å². The molecule has 0 aliphatic rings. The Bertz CT molecular complexity index is 1140. The van der Waals surface area contributed by atoms with E-state index in [0.717, 1.165) is 11.1 Å². The first-order valence-corrected chi connectivity index (χ1v) is 9.76. The average Bonchev–Trinajstić information content (AvgIpc) is 3.32. The van der Waals surface area contributed by atoms with Crippen molar-refractivity contribution >= 4 is 32.6 Å². The third-order valence-corrected chi connectivity index (χ3v) is 5.60. The van der Waals surface area contributed by atoms with Crippen molar-refractivity contribution in [3.63, 3.8) is 0 Å². The van der Waals surface area contributed by atoms with Gasteiger partial charge in [0.2, 0.25) is 0 Å². The standard InChI is InChI=1S/C21H19FN4OS/c1-14-7-8-16(15(2)13-14)20(27)26(12-11-25-10-4-9-23-25)21-24-19-17(22)5-3-6-18(19)28-21/h3-10,13H,11-12H2,1-2H3. The quantitative estimate of drug-likeness (QED) is 0.497. The van der Waals surface area contributed by atoms with Gasteiger partial charge >= 0.3 is 0 Å². The number of carbonyl (C=O) groups is 1. The van der Waals surface area contributed by atoms with E-state index in [1.54, 1.807) is 21.8 Å². The van der Waals surface area contributed by atoms with Gasteiger partial charge in [-0.1, -0.05) is 35.1 Å². The maximum absolute atomic E-state index is 14.1. The van der Waals surface area contributed by atoms with Crippen LogP contribution in [-0.4, -0.2) is 27.2 Å². The first kappa shape index (κ1) is 18.3. The number of hydrogen-bond acceptors (Lipinski definition) is 4. The Morgan fingerprint density at radius 2 is 2.07 bits per heavy atom. The van der Waals surface area contributed by atoms with Crippen LogP contribution in [0.1, 0.15) is 21.5 Å². The second-order valence-corrected chi connectivity index (χ2v) is 7.64. The van der Waals surface area contributed by atoms with Crippen LogP contribution < -0.4 is 4.90 Å². The summed E-state index contributed by atoms with van der Waals surface area (Å²) in [7, 11) is 0. The molecule has 0 N–H and O–H groups in total. The molecule has 0 unspecified atom stereocenters. The molecule has 0 radical (unpaired) electrons. The SMILES string of the molecule is Cc1ccc(C(=O)N(CCn2cccn2)c2nc3c(F)cccc3s2)c(C)c1. The molecule has 4 aromatic rings. The Labute approximate surface area is 166 Å². The van der Waals surface area contributed by atoms with E-state index < -0.39 is 0 Å². The van der Waals surface area contributed by atoms with Gasteiger partial charge in [-0.3, -0.25) is 14.4 Å². The number of benzene rings is 2. The number of hydrogen-bond donors (Lipinski definition) is 0. The first-order chi connectivity index (χ1) is 13.5. The first-order valence-electron chi connectivity index (χ1n) is 8.94. The van der Waals surface area contributed by atoms with E-state index in [4.69, 9.17) is 0 Å². The highest BCUT2D eigenvalue weighted by Gasteiger charge is 2.23. The summed E-state index contributed by atoms with van der Waals surface area (Å²) in [5.74, 6) is -0.532. The van der Waals surface area contributed by atoms with Crippen molar-refractivity contribution in [2.45, 2.75) is 20.4 Å². The predicted molar refractivity (Wildman–Crippen MR) is 109 cm³/mol. The van der Waals surface area contributed by atoms with Crippen LogP contribution in [0.3, 0.4) is 0 Å². The number of amides is 1. The fraction of sp³-hybridized carbons (Fsp3) is 0.190. The lowest BCUT2D eigenvalue weighted by molar-refractivity contribution is 0.0985. The molecule has 0 bridgehead atoms. The summed E-state index contributed by atoms with van der Waals surface area (Å²) in [6.45, 7) is 4.81. The van der Waals surface area contributed by atoms with E-state index >= 15 is 0 Å². The van der Waals surface area contributed by atoms with Crippen LogP contribution in [0.15, 0.2) is 54.9 Å². The summed E-state index contributed by atoms with van der Waals surface area (Å²) in [4.78, 5) is 19.4. The number of aryl methyl sites for hydroxylation is 2. The predicted octanol–water partition coefficient (Wildman–Crippen LogP) is 4.60. The van der Waals surface area contributed by atoms with Crippen LogP contribution in [0.4, 0.5) is 9.52 Å². The van der Waals surface area contributed by atoms with Crippen LogP contribution >= 0.6 is 11.3 Å². The van der Waals surface area contributed by atoms with Crippen LogP contribution in [0.25, 0.3) is 10.2 Å². The zero-order valence-electron chi connectivity index (χ0n) is 15.6. The van der Waals surface area contributed by atoms with E-state index in [9.17, 15) is 9.18 Å². The Hall–Kier alpha value is -3.06. The number of rotatable bonds is 5. The van der Waals surface area contributed by atoms with E-state index in [1.807, 2.05) is 50.4 Å². The summed E-state index contributed by atoms with van der Waals surface area (Å²) in [5.41, 5.74) is 2.91. The molecule has 1 amide bonds. The molecule has 0 fully saturated rings. The molecule has 0 saturated heterocycles. The molecule has 5 nitrogen and oxygen atoms in total. The lowest BCUT2D eigenvalue weighted by Crippen LogP contribution is -2.34. The Morgan fingerprint density at radius 1 is 1.21 bits per heavy atom. The smallest absolute Gasteiger partial charge is 0.260 e. The van der Waals surface area contributed by atoms with Crippen LogP contribution in [0, 0.1) is 19.7 Å². The second-order valence-electron chi connectivity index (χ2n) is 6.63. The minimum atomic E-state index is -0.383. The van der Waals surface area contributed by atoms with Gasteiger partial charge in [0, 0.05) is 24.5 Å².